The second kappa shape index (κ2) is 6.79. The first-order chi connectivity index (χ1) is 10.2. The first-order valence-electron chi connectivity index (χ1n) is 7.97. The van der Waals surface area contributed by atoms with Crippen molar-refractivity contribution in [2.75, 3.05) is 18.4 Å². The number of anilines is 1. The van der Waals surface area contributed by atoms with Crippen LogP contribution >= 0.6 is 11.6 Å². The zero-order chi connectivity index (χ0) is 14.7. The summed E-state index contributed by atoms with van der Waals surface area (Å²) in [4.78, 5) is 12.6. The smallest absolute Gasteiger partial charge is 0.291 e. The molecule has 0 amide bonds. The van der Waals surface area contributed by atoms with Crippen molar-refractivity contribution < 1.29 is 0 Å². The monoisotopic (exact) mass is 310 g/mol. The Balaban J connectivity index is 1.75. The number of hydrogen-bond donors (Lipinski definition) is 2. The van der Waals surface area contributed by atoms with Gasteiger partial charge in [0.25, 0.3) is 5.56 Å². The molecule has 1 aromatic rings. The van der Waals surface area contributed by atoms with Crippen molar-refractivity contribution in [2.24, 2.45) is 5.92 Å². The highest BCUT2D eigenvalue weighted by molar-refractivity contribution is 6.33. The SMILES string of the molecule is O=c1c(NC2CCCCNC2)c(Cl)cnn1CC1CCC1. The molecule has 1 saturated heterocycles. The van der Waals surface area contributed by atoms with Gasteiger partial charge in [-0.3, -0.25) is 4.79 Å². The van der Waals surface area contributed by atoms with Crippen molar-refractivity contribution in [3.8, 4) is 0 Å². The van der Waals surface area contributed by atoms with E-state index in [0.29, 0.717) is 23.2 Å². The molecular formula is C15H23ClN4O. The van der Waals surface area contributed by atoms with Gasteiger partial charge in [-0.1, -0.05) is 24.4 Å². The Morgan fingerprint density at radius 3 is 2.95 bits per heavy atom. The molecule has 2 heterocycles. The predicted octanol–water partition coefficient (Wildman–Crippen LogP) is 2.25. The Hall–Kier alpha value is -1.07. The van der Waals surface area contributed by atoms with E-state index in [2.05, 4.69) is 15.7 Å². The van der Waals surface area contributed by atoms with Crippen LogP contribution in [0.4, 0.5) is 5.69 Å². The van der Waals surface area contributed by atoms with Crippen molar-refractivity contribution in [3.05, 3.63) is 21.6 Å². The molecule has 1 aliphatic heterocycles. The van der Waals surface area contributed by atoms with Gasteiger partial charge in [0.15, 0.2) is 0 Å². The lowest BCUT2D eigenvalue weighted by atomic mass is 9.85. The summed E-state index contributed by atoms with van der Waals surface area (Å²) >= 11 is 6.19. The van der Waals surface area contributed by atoms with Crippen molar-refractivity contribution in [1.29, 1.82) is 0 Å². The molecule has 5 nitrogen and oxygen atoms in total. The van der Waals surface area contributed by atoms with E-state index >= 15 is 0 Å². The summed E-state index contributed by atoms with van der Waals surface area (Å²) in [5.74, 6) is 0.601. The average molecular weight is 311 g/mol. The lowest BCUT2D eigenvalue weighted by Gasteiger charge is -2.26. The van der Waals surface area contributed by atoms with Gasteiger partial charge in [0.05, 0.1) is 11.2 Å². The Labute approximate surface area is 130 Å². The molecule has 116 valence electrons. The fraction of sp³-hybridized carbons (Fsp3) is 0.733. The zero-order valence-electron chi connectivity index (χ0n) is 12.3. The molecule has 1 aliphatic carbocycles. The number of rotatable bonds is 4. The molecule has 1 atom stereocenters. The van der Waals surface area contributed by atoms with Gasteiger partial charge in [0.2, 0.25) is 0 Å². The molecule has 0 bridgehead atoms. The summed E-state index contributed by atoms with van der Waals surface area (Å²) in [5, 5.41) is 11.3. The largest absolute Gasteiger partial charge is 0.375 e. The van der Waals surface area contributed by atoms with Crippen molar-refractivity contribution >= 4 is 17.3 Å². The third-order valence-corrected chi connectivity index (χ3v) is 4.84. The maximum absolute atomic E-state index is 12.6. The third kappa shape index (κ3) is 3.58. The van der Waals surface area contributed by atoms with E-state index in [4.69, 9.17) is 11.6 Å². The van der Waals surface area contributed by atoms with Crippen LogP contribution in [0.3, 0.4) is 0 Å². The summed E-state index contributed by atoms with van der Waals surface area (Å²) in [6.07, 6.45) is 8.68. The lowest BCUT2D eigenvalue weighted by Crippen LogP contribution is -2.36. The minimum Gasteiger partial charge on any atom is -0.375 e. The van der Waals surface area contributed by atoms with E-state index in [1.54, 1.807) is 10.9 Å². The molecule has 6 heteroatoms. The summed E-state index contributed by atoms with van der Waals surface area (Å²) < 4.78 is 1.57. The highest BCUT2D eigenvalue weighted by Gasteiger charge is 2.21. The molecule has 3 rings (SSSR count). The number of nitrogens with zero attached hydrogens (tertiary/aromatic N) is 2. The maximum Gasteiger partial charge on any atom is 0.291 e. The van der Waals surface area contributed by atoms with Gasteiger partial charge in [0.1, 0.15) is 5.69 Å². The van der Waals surface area contributed by atoms with E-state index < -0.39 is 0 Å². The minimum atomic E-state index is -0.0846. The standard InChI is InChI=1S/C15H23ClN4O/c16-13-9-18-20(10-11-4-3-5-11)15(21)14(13)19-12-6-1-2-7-17-8-12/h9,11-12,17,19H,1-8,10H2. The van der Waals surface area contributed by atoms with Crippen molar-refractivity contribution in [2.45, 2.75) is 51.1 Å². The first kappa shape index (κ1) is 14.9. The minimum absolute atomic E-state index is 0.0846. The van der Waals surface area contributed by atoms with Gasteiger partial charge >= 0.3 is 0 Å². The van der Waals surface area contributed by atoms with Crippen LogP contribution in [0.5, 0.6) is 0 Å². The van der Waals surface area contributed by atoms with Gasteiger partial charge in [-0.05, 0) is 38.1 Å². The highest BCUT2D eigenvalue weighted by Crippen LogP contribution is 2.27. The number of halogens is 1. The van der Waals surface area contributed by atoms with Crippen molar-refractivity contribution in [3.63, 3.8) is 0 Å². The summed E-state index contributed by atoms with van der Waals surface area (Å²) in [7, 11) is 0. The molecule has 21 heavy (non-hydrogen) atoms. The Bertz CT molecular complexity index is 533. The number of hydrogen-bond acceptors (Lipinski definition) is 4. The van der Waals surface area contributed by atoms with Crippen LogP contribution in [0.2, 0.25) is 5.02 Å². The van der Waals surface area contributed by atoms with Crippen molar-refractivity contribution in [1.82, 2.24) is 15.1 Å². The summed E-state index contributed by atoms with van der Waals surface area (Å²) in [6.45, 7) is 2.64. The molecule has 1 unspecified atom stereocenters. The van der Waals surface area contributed by atoms with E-state index in [-0.39, 0.29) is 11.6 Å². The van der Waals surface area contributed by atoms with Gasteiger partial charge in [-0.25, -0.2) is 4.68 Å². The van der Waals surface area contributed by atoms with Crippen LogP contribution in [0.15, 0.2) is 11.0 Å². The van der Waals surface area contributed by atoms with Gasteiger partial charge in [-0.15, -0.1) is 0 Å². The molecule has 1 saturated carbocycles. The fourth-order valence-corrected chi connectivity index (χ4v) is 3.17. The number of aromatic nitrogens is 2. The molecule has 0 spiro atoms. The predicted molar refractivity (Wildman–Crippen MR) is 85.0 cm³/mol. The van der Waals surface area contributed by atoms with E-state index in [9.17, 15) is 4.79 Å². The van der Waals surface area contributed by atoms with Gasteiger partial charge in [-0.2, -0.15) is 5.10 Å². The second-order valence-electron chi connectivity index (χ2n) is 6.19. The zero-order valence-corrected chi connectivity index (χ0v) is 13.0. The molecule has 2 N–H and O–H groups in total. The summed E-state index contributed by atoms with van der Waals surface area (Å²) in [6, 6.07) is 0.261. The van der Waals surface area contributed by atoms with E-state index in [1.165, 1.54) is 32.1 Å². The molecule has 2 aliphatic rings. The normalized spacial score (nSPS) is 23.4. The Kier molecular flexibility index (Phi) is 4.80. The molecule has 2 fully saturated rings. The molecule has 1 aromatic heterocycles. The van der Waals surface area contributed by atoms with E-state index in [0.717, 1.165) is 19.5 Å². The first-order valence-corrected chi connectivity index (χ1v) is 8.34. The average Bonchev–Trinajstić information content (AvgIpc) is 2.69. The molecule has 0 radical (unpaired) electrons. The molecule has 0 aromatic carbocycles. The summed E-state index contributed by atoms with van der Waals surface area (Å²) in [5.41, 5.74) is 0.429. The van der Waals surface area contributed by atoms with Crippen LogP contribution in [0.1, 0.15) is 38.5 Å². The lowest BCUT2D eigenvalue weighted by molar-refractivity contribution is 0.262. The van der Waals surface area contributed by atoms with E-state index in [1.807, 2.05) is 0 Å². The maximum atomic E-state index is 12.6. The van der Waals surface area contributed by atoms with Crippen LogP contribution < -0.4 is 16.2 Å². The fourth-order valence-electron chi connectivity index (χ4n) is 3.00. The van der Waals surface area contributed by atoms with Crippen LogP contribution in [-0.4, -0.2) is 28.9 Å². The topological polar surface area (TPSA) is 59.0 Å². The van der Waals surface area contributed by atoms with Gasteiger partial charge < -0.3 is 10.6 Å². The Morgan fingerprint density at radius 1 is 1.33 bits per heavy atom. The van der Waals surface area contributed by atoms with Crippen LogP contribution in [0.25, 0.3) is 0 Å². The second-order valence-corrected chi connectivity index (χ2v) is 6.60. The molecular weight excluding hydrogens is 288 g/mol. The quantitative estimate of drug-likeness (QED) is 0.895. The van der Waals surface area contributed by atoms with Gasteiger partial charge in [0, 0.05) is 19.1 Å². The number of nitrogens with one attached hydrogen (secondary N) is 2. The third-order valence-electron chi connectivity index (χ3n) is 4.55. The Morgan fingerprint density at radius 2 is 2.19 bits per heavy atom. The van der Waals surface area contributed by atoms with Crippen LogP contribution in [-0.2, 0) is 6.54 Å². The highest BCUT2D eigenvalue weighted by atomic mass is 35.5. The van der Waals surface area contributed by atoms with Crippen LogP contribution in [0, 0.1) is 5.92 Å².